The third kappa shape index (κ3) is 5.15. The van der Waals surface area contributed by atoms with Gasteiger partial charge in [0, 0.05) is 17.8 Å². The number of halogens is 2. The van der Waals surface area contributed by atoms with Crippen LogP contribution in [0.1, 0.15) is 38.8 Å². The Labute approximate surface area is 129 Å². The van der Waals surface area contributed by atoms with Crippen LogP contribution in [0.5, 0.6) is 5.75 Å². The van der Waals surface area contributed by atoms with Gasteiger partial charge in [-0.05, 0) is 42.2 Å². The van der Waals surface area contributed by atoms with E-state index < -0.39 is 6.61 Å². The molecule has 0 amide bonds. The number of ether oxygens (including phenoxy) is 1. The molecule has 2 unspecified atom stereocenters. The van der Waals surface area contributed by atoms with E-state index >= 15 is 0 Å². The summed E-state index contributed by atoms with van der Waals surface area (Å²) in [6.45, 7) is 3.86. The number of benzene rings is 1. The van der Waals surface area contributed by atoms with Crippen LogP contribution in [-0.2, 0) is 0 Å². The van der Waals surface area contributed by atoms with E-state index in [1.807, 2.05) is 17.8 Å². The number of rotatable bonds is 5. The van der Waals surface area contributed by atoms with Gasteiger partial charge in [-0.3, -0.25) is 0 Å². The van der Waals surface area contributed by atoms with Crippen LogP contribution >= 0.6 is 11.8 Å². The fraction of sp³-hybridized carbons (Fsp3) is 0.625. The predicted octanol–water partition coefficient (Wildman–Crippen LogP) is 4.47. The SMILES string of the molecule is CC(NC1CSCC(C)(C)C1)c1cccc(OC(F)F)c1. The number of alkyl halides is 2. The predicted molar refractivity (Wildman–Crippen MR) is 84.1 cm³/mol. The van der Waals surface area contributed by atoms with Crippen molar-refractivity contribution >= 4 is 11.8 Å². The van der Waals surface area contributed by atoms with Crippen molar-refractivity contribution < 1.29 is 13.5 Å². The molecule has 1 aliphatic heterocycles. The summed E-state index contributed by atoms with van der Waals surface area (Å²) in [7, 11) is 0. The molecule has 0 aliphatic carbocycles. The van der Waals surface area contributed by atoms with Gasteiger partial charge in [0.1, 0.15) is 5.75 Å². The van der Waals surface area contributed by atoms with Crippen molar-refractivity contribution in [2.75, 3.05) is 11.5 Å². The lowest BCUT2D eigenvalue weighted by Gasteiger charge is -2.36. The minimum Gasteiger partial charge on any atom is -0.435 e. The first-order valence-corrected chi connectivity index (χ1v) is 8.40. The first kappa shape index (κ1) is 16.6. The van der Waals surface area contributed by atoms with Crippen LogP contribution in [-0.4, -0.2) is 24.2 Å². The first-order valence-electron chi connectivity index (χ1n) is 7.24. The summed E-state index contributed by atoms with van der Waals surface area (Å²) in [6.07, 6.45) is 1.14. The minimum atomic E-state index is -2.78. The second kappa shape index (κ2) is 6.97. The molecule has 2 nitrogen and oxygen atoms in total. The summed E-state index contributed by atoms with van der Waals surface area (Å²) >= 11 is 1.97. The molecule has 118 valence electrons. The number of hydrogen-bond donors (Lipinski definition) is 1. The molecule has 1 saturated heterocycles. The minimum absolute atomic E-state index is 0.116. The van der Waals surface area contributed by atoms with Crippen molar-refractivity contribution in [1.29, 1.82) is 0 Å². The number of hydrogen-bond acceptors (Lipinski definition) is 3. The van der Waals surface area contributed by atoms with Crippen molar-refractivity contribution in [2.24, 2.45) is 5.41 Å². The Morgan fingerprint density at radius 3 is 2.81 bits per heavy atom. The highest BCUT2D eigenvalue weighted by atomic mass is 32.2. The Morgan fingerprint density at radius 2 is 2.14 bits per heavy atom. The van der Waals surface area contributed by atoms with E-state index in [0.29, 0.717) is 11.5 Å². The van der Waals surface area contributed by atoms with E-state index in [1.54, 1.807) is 18.2 Å². The highest BCUT2D eigenvalue weighted by Gasteiger charge is 2.29. The second-order valence-electron chi connectivity index (χ2n) is 6.42. The van der Waals surface area contributed by atoms with E-state index in [9.17, 15) is 8.78 Å². The Hall–Kier alpha value is -0.810. The smallest absolute Gasteiger partial charge is 0.387 e. The molecule has 0 spiro atoms. The quantitative estimate of drug-likeness (QED) is 0.866. The fourth-order valence-corrected chi connectivity index (χ4v) is 4.07. The molecule has 0 saturated carbocycles. The normalized spacial score (nSPS) is 23.0. The summed E-state index contributed by atoms with van der Waals surface area (Å²) in [5.41, 5.74) is 1.32. The topological polar surface area (TPSA) is 21.3 Å². The summed E-state index contributed by atoms with van der Waals surface area (Å²) in [5, 5.41) is 3.61. The van der Waals surface area contributed by atoms with E-state index in [2.05, 4.69) is 30.8 Å². The summed E-state index contributed by atoms with van der Waals surface area (Å²) < 4.78 is 29.0. The van der Waals surface area contributed by atoms with Gasteiger partial charge in [-0.2, -0.15) is 20.5 Å². The van der Waals surface area contributed by atoms with E-state index in [4.69, 9.17) is 0 Å². The van der Waals surface area contributed by atoms with Crippen LogP contribution in [0.3, 0.4) is 0 Å². The van der Waals surface area contributed by atoms with Gasteiger partial charge in [0.25, 0.3) is 0 Å². The zero-order valence-corrected chi connectivity index (χ0v) is 13.6. The molecule has 21 heavy (non-hydrogen) atoms. The third-order valence-corrected chi connectivity index (χ3v) is 5.30. The molecule has 1 fully saturated rings. The van der Waals surface area contributed by atoms with E-state index in [-0.39, 0.29) is 11.8 Å². The van der Waals surface area contributed by atoms with E-state index in [1.165, 1.54) is 5.75 Å². The lowest BCUT2D eigenvalue weighted by molar-refractivity contribution is -0.0499. The average Bonchev–Trinajstić information content (AvgIpc) is 2.37. The van der Waals surface area contributed by atoms with Crippen LogP contribution in [0.4, 0.5) is 8.78 Å². The summed E-state index contributed by atoms with van der Waals surface area (Å²) in [4.78, 5) is 0. The molecule has 1 aromatic carbocycles. The van der Waals surface area contributed by atoms with Gasteiger partial charge < -0.3 is 10.1 Å². The molecule has 1 aliphatic rings. The van der Waals surface area contributed by atoms with Crippen LogP contribution in [0.15, 0.2) is 24.3 Å². The molecular formula is C16H23F2NOS. The van der Waals surface area contributed by atoms with E-state index in [0.717, 1.165) is 17.7 Å². The van der Waals surface area contributed by atoms with Gasteiger partial charge >= 0.3 is 6.61 Å². The zero-order valence-electron chi connectivity index (χ0n) is 12.7. The Morgan fingerprint density at radius 1 is 1.38 bits per heavy atom. The number of nitrogens with one attached hydrogen (secondary N) is 1. The zero-order chi connectivity index (χ0) is 15.5. The van der Waals surface area contributed by atoms with Gasteiger partial charge in [0.2, 0.25) is 0 Å². The second-order valence-corrected chi connectivity index (χ2v) is 7.45. The summed E-state index contributed by atoms with van der Waals surface area (Å²) in [6, 6.07) is 7.51. The Bertz CT molecular complexity index is 467. The Kier molecular flexibility index (Phi) is 5.49. The largest absolute Gasteiger partial charge is 0.435 e. The van der Waals surface area contributed by atoms with Gasteiger partial charge in [0.05, 0.1) is 0 Å². The summed E-state index contributed by atoms with van der Waals surface area (Å²) in [5.74, 6) is 2.51. The maximum atomic E-state index is 12.3. The molecule has 0 aromatic heterocycles. The van der Waals surface area contributed by atoms with Gasteiger partial charge in [-0.15, -0.1) is 0 Å². The molecule has 5 heteroatoms. The Balaban J connectivity index is 1.98. The fourth-order valence-electron chi connectivity index (χ4n) is 2.78. The van der Waals surface area contributed by atoms with Crippen molar-refractivity contribution in [2.45, 2.75) is 45.9 Å². The highest BCUT2D eigenvalue weighted by Crippen LogP contribution is 2.34. The molecule has 2 atom stereocenters. The van der Waals surface area contributed by atoms with Crippen molar-refractivity contribution in [3.63, 3.8) is 0 Å². The van der Waals surface area contributed by atoms with Crippen LogP contribution < -0.4 is 10.1 Å². The highest BCUT2D eigenvalue weighted by molar-refractivity contribution is 7.99. The number of thioether (sulfide) groups is 1. The standard InChI is InChI=1S/C16H23F2NOS/c1-11(19-13-8-16(2,3)10-21-9-13)12-5-4-6-14(7-12)20-15(17)18/h4-7,11,13,15,19H,8-10H2,1-3H3. The average molecular weight is 315 g/mol. The van der Waals surface area contributed by atoms with Crippen molar-refractivity contribution in [3.8, 4) is 5.75 Å². The van der Waals surface area contributed by atoms with Gasteiger partial charge in [-0.25, -0.2) is 0 Å². The lowest BCUT2D eigenvalue weighted by Crippen LogP contribution is -2.41. The van der Waals surface area contributed by atoms with Crippen LogP contribution in [0, 0.1) is 5.41 Å². The monoisotopic (exact) mass is 315 g/mol. The lowest BCUT2D eigenvalue weighted by atomic mass is 9.87. The molecule has 1 heterocycles. The third-order valence-electron chi connectivity index (χ3n) is 3.68. The molecular weight excluding hydrogens is 292 g/mol. The first-order chi connectivity index (χ1) is 9.85. The van der Waals surface area contributed by atoms with Crippen molar-refractivity contribution in [3.05, 3.63) is 29.8 Å². The molecule has 0 radical (unpaired) electrons. The van der Waals surface area contributed by atoms with Crippen LogP contribution in [0.25, 0.3) is 0 Å². The van der Waals surface area contributed by atoms with Crippen molar-refractivity contribution in [1.82, 2.24) is 5.32 Å². The molecule has 1 aromatic rings. The molecule has 1 N–H and O–H groups in total. The van der Waals surface area contributed by atoms with Gasteiger partial charge in [0.15, 0.2) is 0 Å². The molecule has 2 rings (SSSR count). The maximum Gasteiger partial charge on any atom is 0.387 e. The van der Waals surface area contributed by atoms with Crippen LogP contribution in [0.2, 0.25) is 0 Å². The molecule has 0 bridgehead atoms. The van der Waals surface area contributed by atoms with Gasteiger partial charge in [-0.1, -0.05) is 26.0 Å². The maximum absolute atomic E-state index is 12.3.